The van der Waals surface area contributed by atoms with Crippen LogP contribution in [0.5, 0.6) is 0 Å². The minimum atomic E-state index is -4.41. The molecule has 24 heavy (non-hydrogen) atoms. The van der Waals surface area contributed by atoms with Crippen molar-refractivity contribution in [3.05, 3.63) is 35.4 Å². The zero-order valence-corrected chi connectivity index (χ0v) is 13.8. The Bertz CT molecular complexity index is 583. The Morgan fingerprint density at radius 3 is 2.46 bits per heavy atom. The van der Waals surface area contributed by atoms with E-state index in [1.165, 1.54) is 0 Å². The summed E-state index contributed by atoms with van der Waals surface area (Å²) in [5.74, 6) is 2.05. The minimum Gasteiger partial charge on any atom is -0.370 e. The molecule has 132 valence electrons. The number of guanidine groups is 1. The fourth-order valence-corrected chi connectivity index (χ4v) is 3.05. The molecule has 1 fully saturated rings. The van der Waals surface area contributed by atoms with Gasteiger partial charge in [-0.3, -0.25) is 9.79 Å². The summed E-state index contributed by atoms with van der Waals surface area (Å²) in [5, 5.41) is 2.61. The third kappa shape index (κ3) is 5.33. The van der Waals surface area contributed by atoms with Crippen molar-refractivity contribution >= 4 is 23.6 Å². The number of thioether (sulfide) groups is 1. The molecule has 0 aromatic heterocycles. The van der Waals surface area contributed by atoms with Gasteiger partial charge in [0.15, 0.2) is 5.96 Å². The molecule has 0 bridgehead atoms. The number of rotatable bonds is 4. The number of alkyl halides is 3. The first kappa shape index (κ1) is 18.4. The molecule has 0 saturated carbocycles. The zero-order valence-electron chi connectivity index (χ0n) is 13.0. The van der Waals surface area contributed by atoms with Gasteiger partial charge in [0.1, 0.15) is 0 Å². The number of amides is 1. The van der Waals surface area contributed by atoms with Crippen LogP contribution in [0.3, 0.4) is 0 Å². The smallest absolute Gasteiger partial charge is 0.370 e. The number of benzene rings is 1. The highest BCUT2D eigenvalue weighted by atomic mass is 32.2. The second-order valence-electron chi connectivity index (χ2n) is 5.17. The van der Waals surface area contributed by atoms with Gasteiger partial charge in [-0.1, -0.05) is 0 Å². The molecule has 1 aromatic rings. The van der Waals surface area contributed by atoms with Crippen LogP contribution in [0.2, 0.25) is 0 Å². The van der Waals surface area contributed by atoms with Crippen molar-refractivity contribution in [2.24, 2.45) is 10.7 Å². The summed E-state index contributed by atoms with van der Waals surface area (Å²) < 4.78 is 37.4. The molecule has 2 rings (SSSR count). The first-order chi connectivity index (χ1) is 11.4. The second-order valence-corrected chi connectivity index (χ2v) is 6.40. The third-order valence-electron chi connectivity index (χ3n) is 3.48. The minimum absolute atomic E-state index is 0.174. The molecule has 0 atom stereocenters. The number of halogens is 3. The molecular formula is C15H19F3N4OS. The Labute approximate surface area is 142 Å². The SMILES string of the molecule is NC(=NCCNC(=O)c1ccc(C(F)(F)F)cc1)N1CCSCC1. The van der Waals surface area contributed by atoms with E-state index < -0.39 is 17.6 Å². The van der Waals surface area contributed by atoms with Gasteiger partial charge in [-0.2, -0.15) is 24.9 Å². The summed E-state index contributed by atoms with van der Waals surface area (Å²) in [5.41, 5.74) is 5.27. The first-order valence-corrected chi connectivity index (χ1v) is 8.61. The maximum Gasteiger partial charge on any atom is 0.416 e. The van der Waals surface area contributed by atoms with Gasteiger partial charge in [0, 0.05) is 36.7 Å². The highest BCUT2D eigenvalue weighted by molar-refractivity contribution is 7.99. The van der Waals surface area contributed by atoms with Gasteiger partial charge in [0.2, 0.25) is 0 Å². The number of carbonyl (C=O) groups excluding carboxylic acids is 1. The Morgan fingerprint density at radius 1 is 1.25 bits per heavy atom. The molecule has 1 aromatic carbocycles. The lowest BCUT2D eigenvalue weighted by Crippen LogP contribution is -2.43. The molecule has 1 aliphatic rings. The van der Waals surface area contributed by atoms with Crippen LogP contribution in [0.1, 0.15) is 15.9 Å². The summed E-state index contributed by atoms with van der Waals surface area (Å²) in [4.78, 5) is 18.1. The van der Waals surface area contributed by atoms with Crippen LogP contribution in [0.15, 0.2) is 29.3 Å². The van der Waals surface area contributed by atoms with Crippen LogP contribution in [0, 0.1) is 0 Å². The monoisotopic (exact) mass is 360 g/mol. The van der Waals surface area contributed by atoms with Crippen LogP contribution in [0.25, 0.3) is 0 Å². The van der Waals surface area contributed by atoms with E-state index in [9.17, 15) is 18.0 Å². The maximum atomic E-state index is 12.5. The van der Waals surface area contributed by atoms with Crippen molar-refractivity contribution in [3.8, 4) is 0 Å². The third-order valence-corrected chi connectivity index (χ3v) is 4.42. The number of hydrogen-bond donors (Lipinski definition) is 2. The predicted octanol–water partition coefficient (Wildman–Crippen LogP) is 1.80. The van der Waals surface area contributed by atoms with Gasteiger partial charge in [-0.05, 0) is 24.3 Å². The van der Waals surface area contributed by atoms with E-state index in [4.69, 9.17) is 5.73 Å². The lowest BCUT2D eigenvalue weighted by atomic mass is 10.1. The summed E-state index contributed by atoms with van der Waals surface area (Å²) >= 11 is 1.87. The quantitative estimate of drug-likeness (QED) is 0.488. The normalized spacial score (nSPS) is 16.1. The number of aliphatic imine (C=N–C) groups is 1. The van der Waals surface area contributed by atoms with Crippen LogP contribution in [0.4, 0.5) is 13.2 Å². The fourth-order valence-electron chi connectivity index (χ4n) is 2.14. The van der Waals surface area contributed by atoms with Crippen molar-refractivity contribution in [2.75, 3.05) is 37.7 Å². The number of hydrogen-bond acceptors (Lipinski definition) is 3. The van der Waals surface area contributed by atoms with Crippen LogP contribution in [-0.2, 0) is 6.18 Å². The van der Waals surface area contributed by atoms with Gasteiger partial charge < -0.3 is 16.0 Å². The Balaban J connectivity index is 1.78. The van der Waals surface area contributed by atoms with Crippen molar-refractivity contribution in [1.82, 2.24) is 10.2 Å². The molecule has 0 unspecified atom stereocenters. The maximum absolute atomic E-state index is 12.5. The van der Waals surface area contributed by atoms with E-state index in [2.05, 4.69) is 10.3 Å². The van der Waals surface area contributed by atoms with E-state index in [-0.39, 0.29) is 12.1 Å². The molecule has 1 amide bonds. The van der Waals surface area contributed by atoms with E-state index in [1.54, 1.807) is 0 Å². The van der Waals surface area contributed by atoms with Crippen LogP contribution >= 0.6 is 11.8 Å². The van der Waals surface area contributed by atoms with E-state index in [0.717, 1.165) is 48.9 Å². The first-order valence-electron chi connectivity index (χ1n) is 7.46. The largest absolute Gasteiger partial charge is 0.416 e. The van der Waals surface area contributed by atoms with E-state index in [1.807, 2.05) is 16.7 Å². The highest BCUT2D eigenvalue weighted by Crippen LogP contribution is 2.29. The zero-order chi connectivity index (χ0) is 17.6. The summed E-state index contributed by atoms with van der Waals surface area (Å²) in [6.07, 6.45) is -4.41. The Hall–Kier alpha value is -1.90. The Morgan fingerprint density at radius 2 is 1.88 bits per heavy atom. The topological polar surface area (TPSA) is 70.7 Å². The lowest BCUT2D eigenvalue weighted by Gasteiger charge is -2.27. The molecule has 0 aliphatic carbocycles. The van der Waals surface area contributed by atoms with Gasteiger partial charge in [-0.25, -0.2) is 0 Å². The van der Waals surface area contributed by atoms with E-state index >= 15 is 0 Å². The molecule has 0 radical (unpaired) electrons. The molecule has 1 heterocycles. The second kappa shape index (κ2) is 8.27. The van der Waals surface area contributed by atoms with Gasteiger partial charge in [0.05, 0.1) is 12.1 Å². The number of nitrogens with one attached hydrogen (secondary N) is 1. The summed E-state index contributed by atoms with van der Waals surface area (Å²) in [6, 6.07) is 4.08. The average Bonchev–Trinajstić information content (AvgIpc) is 2.58. The van der Waals surface area contributed by atoms with Crippen molar-refractivity contribution in [1.29, 1.82) is 0 Å². The number of nitrogens with two attached hydrogens (primary N) is 1. The fraction of sp³-hybridized carbons (Fsp3) is 0.467. The molecule has 0 spiro atoms. The van der Waals surface area contributed by atoms with Crippen LogP contribution < -0.4 is 11.1 Å². The molecular weight excluding hydrogens is 341 g/mol. The molecule has 5 nitrogen and oxygen atoms in total. The standard InChI is InChI=1S/C15H19F3N4OS/c16-15(17,18)12-3-1-11(2-4-12)13(23)20-5-6-21-14(19)22-7-9-24-10-8-22/h1-4H,5-10H2,(H2,19,21)(H,20,23). The molecule has 3 N–H and O–H groups in total. The highest BCUT2D eigenvalue weighted by Gasteiger charge is 2.30. The summed E-state index contributed by atoms with van der Waals surface area (Å²) in [7, 11) is 0. The van der Waals surface area contributed by atoms with Crippen molar-refractivity contribution < 1.29 is 18.0 Å². The Kier molecular flexibility index (Phi) is 6.36. The lowest BCUT2D eigenvalue weighted by molar-refractivity contribution is -0.137. The van der Waals surface area contributed by atoms with Gasteiger partial charge in [-0.15, -0.1) is 0 Å². The van der Waals surface area contributed by atoms with Crippen molar-refractivity contribution in [2.45, 2.75) is 6.18 Å². The van der Waals surface area contributed by atoms with E-state index in [0.29, 0.717) is 12.5 Å². The predicted molar refractivity (Wildman–Crippen MR) is 89.2 cm³/mol. The molecule has 9 heteroatoms. The van der Waals surface area contributed by atoms with Crippen LogP contribution in [-0.4, -0.2) is 54.5 Å². The van der Waals surface area contributed by atoms with Gasteiger partial charge >= 0.3 is 6.18 Å². The van der Waals surface area contributed by atoms with Crippen molar-refractivity contribution in [3.63, 3.8) is 0 Å². The number of carbonyl (C=O) groups is 1. The molecule has 1 aliphatic heterocycles. The number of nitrogens with zero attached hydrogens (tertiary/aromatic N) is 2. The van der Waals surface area contributed by atoms with Gasteiger partial charge in [0.25, 0.3) is 5.91 Å². The molecule has 1 saturated heterocycles. The summed E-state index contributed by atoms with van der Waals surface area (Å²) in [6.45, 7) is 2.31. The average molecular weight is 360 g/mol.